The van der Waals surface area contributed by atoms with E-state index in [0.29, 0.717) is 51.9 Å². The van der Waals surface area contributed by atoms with Gasteiger partial charge in [0.1, 0.15) is 17.5 Å². The van der Waals surface area contributed by atoms with E-state index in [1.165, 1.54) is 30.7 Å². The third-order valence-electron chi connectivity index (χ3n) is 9.91. The molecule has 0 aliphatic carbocycles. The van der Waals surface area contributed by atoms with E-state index in [9.17, 15) is 14.0 Å². The number of hydrogen-bond donors (Lipinski definition) is 1. The number of pyridine rings is 5. The summed E-state index contributed by atoms with van der Waals surface area (Å²) in [5.41, 5.74) is 9.47. The highest BCUT2D eigenvalue weighted by Crippen LogP contribution is 2.39. The summed E-state index contributed by atoms with van der Waals surface area (Å²) in [6.45, 7) is 10.9. The lowest BCUT2D eigenvalue weighted by Crippen LogP contribution is -2.36. The Balaban J connectivity index is 0.000000212. The Labute approximate surface area is 358 Å². The Morgan fingerprint density at radius 1 is 0.738 bits per heavy atom. The van der Waals surface area contributed by atoms with E-state index in [1.807, 2.05) is 80.7 Å². The molecule has 8 aromatic rings. The first-order valence-electron chi connectivity index (χ1n) is 20.0. The summed E-state index contributed by atoms with van der Waals surface area (Å²) >= 11 is 6.34. The van der Waals surface area contributed by atoms with Gasteiger partial charge in [0.2, 0.25) is 0 Å². The molecule has 9 nitrogen and oxygen atoms in total. The van der Waals surface area contributed by atoms with Gasteiger partial charge >= 0.3 is 0 Å². The molecule has 61 heavy (non-hydrogen) atoms. The fourth-order valence-electron chi connectivity index (χ4n) is 6.93. The van der Waals surface area contributed by atoms with E-state index in [-0.39, 0.29) is 11.6 Å². The van der Waals surface area contributed by atoms with Crippen molar-refractivity contribution < 1.29 is 13.5 Å². The van der Waals surface area contributed by atoms with E-state index in [1.54, 1.807) is 30.6 Å². The summed E-state index contributed by atoms with van der Waals surface area (Å²) in [5.74, 6) is 0.143. The zero-order chi connectivity index (χ0) is 42.9. The monoisotopic (exact) mass is 832 g/mol. The summed E-state index contributed by atoms with van der Waals surface area (Å²) in [6, 6.07) is 32.0. The Morgan fingerprint density at radius 3 is 1.95 bits per heavy atom. The van der Waals surface area contributed by atoms with Crippen LogP contribution in [0.25, 0.3) is 55.7 Å². The highest BCUT2D eigenvalue weighted by molar-refractivity contribution is 6.36. The first-order chi connectivity index (χ1) is 29.7. The summed E-state index contributed by atoms with van der Waals surface area (Å²) in [7, 11) is 0. The second-order valence-electron chi connectivity index (χ2n) is 14.3. The third-order valence-corrected chi connectivity index (χ3v) is 10.4. The smallest absolute Gasteiger partial charge is 0.130 e. The second kappa shape index (κ2) is 19.5. The van der Waals surface area contributed by atoms with Crippen molar-refractivity contribution in [2.75, 3.05) is 36.5 Å². The molecule has 1 fully saturated rings. The molecule has 0 amide bonds. The summed E-state index contributed by atoms with van der Waals surface area (Å²) in [6.07, 6.45) is 6.50. The highest BCUT2D eigenvalue weighted by Gasteiger charge is 2.20. The molecular weight excluding hydrogens is 790 g/mol. The number of fused-ring (bicyclic) bond motifs is 2. The maximum atomic E-state index is 14.3. The Hall–Kier alpha value is -6.87. The summed E-state index contributed by atoms with van der Waals surface area (Å²) in [5, 5.41) is 15.3. The number of nitrogens with zero attached hydrogens (tertiary/aromatic N) is 7. The largest absolute Gasteiger partial charge is 0.378 e. The molecule has 0 saturated carbocycles. The summed E-state index contributed by atoms with van der Waals surface area (Å²) < 4.78 is 33.2. The van der Waals surface area contributed by atoms with Gasteiger partial charge in [0.25, 0.3) is 0 Å². The molecule has 1 N–H and O–H groups in total. The van der Waals surface area contributed by atoms with Crippen molar-refractivity contribution in [2.24, 2.45) is 0 Å². The van der Waals surface area contributed by atoms with Crippen LogP contribution >= 0.6 is 11.6 Å². The van der Waals surface area contributed by atoms with Gasteiger partial charge in [-0.25, -0.2) is 23.7 Å². The van der Waals surface area contributed by atoms with Crippen molar-refractivity contribution in [3.8, 4) is 40.0 Å². The zero-order valence-corrected chi connectivity index (χ0v) is 35.0. The average Bonchev–Trinajstić information content (AvgIpc) is 3.29. The maximum absolute atomic E-state index is 14.3. The SMILES string of the molecule is CCC.Cc1c(-c2ccccn2)nc2cc(F)ccc2c1Cl.Cc1c(-c2ccccn2)nc2cc(F)ccc2c1Nc1cc(N2CCOCC2)ncc1-c1cccc(C#N)c1. The minimum absolute atomic E-state index is 0.327. The quantitative estimate of drug-likeness (QED) is 0.175. The van der Waals surface area contributed by atoms with Gasteiger partial charge in [-0.1, -0.05) is 56.1 Å². The molecule has 5 aromatic heterocycles. The number of halogens is 3. The zero-order valence-electron chi connectivity index (χ0n) is 34.3. The number of nitriles is 1. The lowest BCUT2D eigenvalue weighted by atomic mass is 10.0. The van der Waals surface area contributed by atoms with Gasteiger partial charge in [0, 0.05) is 71.8 Å². The van der Waals surface area contributed by atoms with Crippen molar-refractivity contribution in [1.82, 2.24) is 24.9 Å². The molecule has 9 rings (SSSR count). The van der Waals surface area contributed by atoms with E-state index >= 15 is 0 Å². The molecule has 1 aliphatic rings. The number of benzene rings is 3. The van der Waals surface area contributed by atoms with Crippen molar-refractivity contribution >= 4 is 50.6 Å². The molecule has 6 heterocycles. The highest BCUT2D eigenvalue weighted by atomic mass is 35.5. The Bertz CT molecular complexity index is 2850. The minimum Gasteiger partial charge on any atom is -0.378 e. The molecule has 0 bridgehead atoms. The molecule has 3 aromatic carbocycles. The van der Waals surface area contributed by atoms with Gasteiger partial charge in [0.05, 0.1) is 75.1 Å². The minimum atomic E-state index is -0.357. The van der Waals surface area contributed by atoms with Crippen LogP contribution in [0.3, 0.4) is 0 Å². The number of aromatic nitrogens is 5. The van der Waals surface area contributed by atoms with Crippen LogP contribution in [0.2, 0.25) is 5.02 Å². The van der Waals surface area contributed by atoms with Crippen LogP contribution in [-0.2, 0) is 4.74 Å². The number of hydrogen-bond acceptors (Lipinski definition) is 9. The van der Waals surface area contributed by atoms with Gasteiger partial charge in [-0.15, -0.1) is 0 Å². The first kappa shape index (κ1) is 42.3. The van der Waals surface area contributed by atoms with Crippen LogP contribution in [0, 0.1) is 36.8 Å². The number of ether oxygens (including phenoxy) is 1. The normalized spacial score (nSPS) is 12.2. The standard InChI is InChI=1S/C31H25FN6O.C15H10ClFN2.C3H8/c1-20-30(24-9-8-23(32)16-27(24)37-31(20)26-7-2-3-10-34-26)36-28-17-29(38-11-13-39-14-12-38)35-19-25(28)22-6-4-5-21(15-22)18-33;1-9-14(16)11-6-5-10(17)8-13(11)19-15(9)12-4-2-3-7-18-12;1-3-2/h2-10,15-17,19H,11-14H2,1H3,(H,35,36,37);2-8H,1H3;3H2,1-2H3. The topological polar surface area (TPSA) is 113 Å². The lowest BCUT2D eigenvalue weighted by molar-refractivity contribution is 0.122. The van der Waals surface area contributed by atoms with Crippen molar-refractivity contribution in [3.63, 3.8) is 0 Å². The van der Waals surface area contributed by atoms with Crippen molar-refractivity contribution in [1.29, 1.82) is 5.26 Å². The number of anilines is 3. The lowest BCUT2D eigenvalue weighted by Gasteiger charge is -2.28. The molecule has 1 saturated heterocycles. The average molecular weight is 833 g/mol. The second-order valence-corrected chi connectivity index (χ2v) is 14.7. The van der Waals surface area contributed by atoms with E-state index in [0.717, 1.165) is 69.0 Å². The van der Waals surface area contributed by atoms with Gasteiger partial charge in [0.15, 0.2) is 0 Å². The Kier molecular flexibility index (Phi) is 13.5. The Morgan fingerprint density at radius 2 is 1.34 bits per heavy atom. The van der Waals surface area contributed by atoms with Crippen molar-refractivity contribution in [2.45, 2.75) is 34.1 Å². The predicted octanol–water partition coefficient (Wildman–Crippen LogP) is 12.1. The molecule has 0 radical (unpaired) electrons. The maximum Gasteiger partial charge on any atom is 0.130 e. The van der Waals surface area contributed by atoms with Crippen LogP contribution in [0.15, 0.2) is 122 Å². The molecule has 0 spiro atoms. The molecule has 0 atom stereocenters. The van der Waals surface area contributed by atoms with Gasteiger partial charge in [-0.05, 0) is 85.6 Å². The van der Waals surface area contributed by atoms with E-state index in [2.05, 4.69) is 45.1 Å². The fourth-order valence-corrected chi connectivity index (χ4v) is 7.18. The molecule has 306 valence electrons. The van der Waals surface area contributed by atoms with Gasteiger partial charge in [-0.3, -0.25) is 9.97 Å². The van der Waals surface area contributed by atoms with Crippen LogP contribution < -0.4 is 10.2 Å². The molecule has 1 aliphatic heterocycles. The number of nitrogens with one attached hydrogen (secondary N) is 1. The fraction of sp³-hybridized carbons (Fsp3) is 0.184. The van der Waals surface area contributed by atoms with Crippen molar-refractivity contribution in [3.05, 3.63) is 155 Å². The molecule has 12 heteroatoms. The molecule has 0 unspecified atom stereocenters. The van der Waals surface area contributed by atoms with Gasteiger partial charge < -0.3 is 15.0 Å². The van der Waals surface area contributed by atoms with Crippen LogP contribution in [0.5, 0.6) is 0 Å². The van der Waals surface area contributed by atoms with E-state index < -0.39 is 0 Å². The first-order valence-corrected chi connectivity index (χ1v) is 20.3. The van der Waals surface area contributed by atoms with Crippen LogP contribution in [0.1, 0.15) is 37.0 Å². The summed E-state index contributed by atoms with van der Waals surface area (Å²) in [4.78, 5) is 25.0. The van der Waals surface area contributed by atoms with Crippen LogP contribution in [-0.4, -0.2) is 51.2 Å². The number of rotatable bonds is 6. The van der Waals surface area contributed by atoms with Gasteiger partial charge in [-0.2, -0.15) is 5.26 Å². The number of morpholine rings is 1. The van der Waals surface area contributed by atoms with Crippen LogP contribution in [0.4, 0.5) is 26.0 Å². The third kappa shape index (κ3) is 9.62. The predicted molar refractivity (Wildman–Crippen MR) is 241 cm³/mol. The molecular formula is C49H43ClF2N8O. The van der Waals surface area contributed by atoms with E-state index in [4.69, 9.17) is 26.3 Å².